The number of nitrogens with one attached hydrogen (secondary N) is 1. The zero-order valence-corrected chi connectivity index (χ0v) is 12.7. The van der Waals surface area contributed by atoms with Gasteiger partial charge in [0.1, 0.15) is 0 Å². The van der Waals surface area contributed by atoms with E-state index < -0.39 is 0 Å². The lowest BCUT2D eigenvalue weighted by atomic mass is 10.1. The van der Waals surface area contributed by atoms with Crippen molar-refractivity contribution in [2.24, 2.45) is 0 Å². The molecule has 3 nitrogen and oxygen atoms in total. The Morgan fingerprint density at radius 1 is 1.38 bits per heavy atom. The molecule has 0 fully saturated rings. The van der Waals surface area contributed by atoms with Gasteiger partial charge in [0.05, 0.1) is 13.2 Å². The van der Waals surface area contributed by atoms with Crippen molar-refractivity contribution in [3.63, 3.8) is 0 Å². The molecular formula is C17H17NO2S. The number of carbonyl (C=O) groups is 1. The van der Waals surface area contributed by atoms with Crippen LogP contribution < -0.4 is 5.32 Å². The fourth-order valence-electron chi connectivity index (χ4n) is 1.82. The summed E-state index contributed by atoms with van der Waals surface area (Å²) >= 11 is 1.57. The third-order valence-electron chi connectivity index (χ3n) is 2.83. The van der Waals surface area contributed by atoms with Crippen LogP contribution in [-0.2, 0) is 6.54 Å². The Hall–Kier alpha value is -2.09. The highest BCUT2D eigenvalue weighted by Crippen LogP contribution is 2.14. The lowest BCUT2D eigenvalue weighted by molar-refractivity contribution is 0.0951. The first-order chi connectivity index (χ1) is 10.2. The van der Waals surface area contributed by atoms with E-state index in [-0.39, 0.29) is 12.5 Å². The number of hydrogen-bond acceptors (Lipinski definition) is 3. The number of rotatable bonds is 4. The average Bonchev–Trinajstić information content (AvgIpc) is 2.93. The number of carbonyl (C=O) groups excluding carboxylic acids is 1. The average molecular weight is 299 g/mol. The lowest BCUT2D eigenvalue weighted by Crippen LogP contribution is -2.22. The molecule has 2 aromatic rings. The standard InChI is InChI=1S/C17H17NO2S/c1-13-5-4-7-15(9-13)17(20)18-11-16-10-14(12-21-16)6-2-3-8-19/h4-5,7,9-10,12,19H,3,8,11H2,1H3,(H,18,20). The van der Waals surface area contributed by atoms with Crippen LogP contribution in [0.5, 0.6) is 0 Å². The van der Waals surface area contributed by atoms with E-state index in [0.29, 0.717) is 18.5 Å². The number of benzene rings is 1. The Labute approximate surface area is 128 Å². The van der Waals surface area contributed by atoms with Crippen molar-refractivity contribution in [1.82, 2.24) is 5.32 Å². The van der Waals surface area contributed by atoms with Gasteiger partial charge in [-0.2, -0.15) is 0 Å². The van der Waals surface area contributed by atoms with Crippen molar-refractivity contribution in [3.05, 3.63) is 57.3 Å². The molecule has 2 rings (SSSR count). The Morgan fingerprint density at radius 3 is 3.00 bits per heavy atom. The van der Waals surface area contributed by atoms with Gasteiger partial charge in [-0.05, 0) is 25.1 Å². The van der Waals surface area contributed by atoms with E-state index in [4.69, 9.17) is 5.11 Å². The first-order valence-electron chi connectivity index (χ1n) is 6.71. The smallest absolute Gasteiger partial charge is 0.251 e. The molecule has 1 aromatic carbocycles. The molecule has 1 aromatic heterocycles. The summed E-state index contributed by atoms with van der Waals surface area (Å²) in [6.45, 7) is 2.54. The zero-order chi connectivity index (χ0) is 15.1. The van der Waals surface area contributed by atoms with Gasteiger partial charge in [-0.1, -0.05) is 29.5 Å². The maximum atomic E-state index is 12.0. The summed E-state index contributed by atoms with van der Waals surface area (Å²) in [5.74, 6) is 5.79. The van der Waals surface area contributed by atoms with E-state index in [1.54, 1.807) is 11.3 Å². The monoisotopic (exact) mass is 299 g/mol. The van der Waals surface area contributed by atoms with Crippen molar-refractivity contribution >= 4 is 17.2 Å². The number of hydrogen-bond donors (Lipinski definition) is 2. The number of amides is 1. The van der Waals surface area contributed by atoms with Crippen LogP contribution in [0.4, 0.5) is 0 Å². The second-order valence-corrected chi connectivity index (χ2v) is 5.63. The highest BCUT2D eigenvalue weighted by atomic mass is 32.1. The number of aliphatic hydroxyl groups is 1. The first-order valence-corrected chi connectivity index (χ1v) is 7.59. The van der Waals surface area contributed by atoms with Gasteiger partial charge in [-0.3, -0.25) is 4.79 Å². The van der Waals surface area contributed by atoms with Crippen LogP contribution in [0.2, 0.25) is 0 Å². The van der Waals surface area contributed by atoms with E-state index in [2.05, 4.69) is 17.2 Å². The van der Waals surface area contributed by atoms with Crippen molar-refractivity contribution in [2.75, 3.05) is 6.61 Å². The quantitative estimate of drug-likeness (QED) is 0.853. The molecule has 0 aliphatic heterocycles. The van der Waals surface area contributed by atoms with Gasteiger partial charge in [0.2, 0.25) is 0 Å². The van der Waals surface area contributed by atoms with Gasteiger partial charge in [0, 0.05) is 27.8 Å². The number of thiophene rings is 1. The summed E-state index contributed by atoms with van der Waals surface area (Å²) in [6, 6.07) is 9.49. The molecular weight excluding hydrogens is 282 g/mol. The van der Waals surface area contributed by atoms with Crippen LogP contribution in [0.25, 0.3) is 0 Å². The molecule has 21 heavy (non-hydrogen) atoms. The molecule has 1 amide bonds. The summed E-state index contributed by atoms with van der Waals surface area (Å²) in [5, 5.41) is 13.5. The fourth-order valence-corrected chi connectivity index (χ4v) is 2.57. The molecule has 1 heterocycles. The summed E-state index contributed by atoms with van der Waals surface area (Å²) in [5.41, 5.74) is 2.67. The highest BCUT2D eigenvalue weighted by molar-refractivity contribution is 7.10. The van der Waals surface area contributed by atoms with Gasteiger partial charge in [0.15, 0.2) is 0 Å². The molecule has 0 atom stereocenters. The topological polar surface area (TPSA) is 49.3 Å². The van der Waals surface area contributed by atoms with Crippen molar-refractivity contribution in [1.29, 1.82) is 0 Å². The molecule has 0 spiro atoms. The largest absolute Gasteiger partial charge is 0.395 e. The van der Waals surface area contributed by atoms with Crippen LogP contribution in [0.1, 0.15) is 32.8 Å². The van der Waals surface area contributed by atoms with E-state index >= 15 is 0 Å². The third-order valence-corrected chi connectivity index (χ3v) is 3.76. The van der Waals surface area contributed by atoms with Gasteiger partial charge in [-0.25, -0.2) is 0 Å². The summed E-state index contributed by atoms with van der Waals surface area (Å²) in [6.07, 6.45) is 0.481. The van der Waals surface area contributed by atoms with E-state index in [0.717, 1.165) is 16.0 Å². The van der Waals surface area contributed by atoms with E-state index in [9.17, 15) is 4.79 Å². The zero-order valence-electron chi connectivity index (χ0n) is 11.8. The third kappa shape index (κ3) is 4.75. The molecule has 0 bridgehead atoms. The first kappa shape index (κ1) is 15.3. The second-order valence-electron chi connectivity index (χ2n) is 4.63. The van der Waals surface area contributed by atoms with Gasteiger partial charge >= 0.3 is 0 Å². The molecule has 0 aliphatic carbocycles. The van der Waals surface area contributed by atoms with Crippen molar-refractivity contribution < 1.29 is 9.90 Å². The normalized spacial score (nSPS) is 9.81. The van der Waals surface area contributed by atoms with Gasteiger partial charge in [0.25, 0.3) is 5.91 Å². The Bertz CT molecular complexity index is 679. The van der Waals surface area contributed by atoms with Gasteiger partial charge in [-0.15, -0.1) is 11.3 Å². The second kappa shape index (κ2) is 7.63. The highest BCUT2D eigenvalue weighted by Gasteiger charge is 2.06. The predicted octanol–water partition coefficient (Wildman–Crippen LogP) is 2.72. The molecule has 0 radical (unpaired) electrons. The molecule has 0 saturated heterocycles. The molecule has 0 saturated carbocycles. The van der Waals surface area contributed by atoms with Crippen LogP contribution in [0.15, 0.2) is 35.7 Å². The number of aliphatic hydroxyl groups excluding tert-OH is 1. The Morgan fingerprint density at radius 2 is 2.24 bits per heavy atom. The van der Waals surface area contributed by atoms with Gasteiger partial charge < -0.3 is 10.4 Å². The lowest BCUT2D eigenvalue weighted by Gasteiger charge is -2.04. The van der Waals surface area contributed by atoms with Crippen LogP contribution in [0, 0.1) is 18.8 Å². The van der Waals surface area contributed by atoms with Crippen LogP contribution in [-0.4, -0.2) is 17.6 Å². The van der Waals surface area contributed by atoms with Crippen LogP contribution in [0.3, 0.4) is 0 Å². The fraction of sp³-hybridized carbons (Fsp3) is 0.235. The number of aryl methyl sites for hydroxylation is 1. The maximum Gasteiger partial charge on any atom is 0.251 e. The Balaban J connectivity index is 1.91. The minimum atomic E-state index is -0.0694. The van der Waals surface area contributed by atoms with Crippen molar-refractivity contribution in [2.45, 2.75) is 19.9 Å². The van der Waals surface area contributed by atoms with Crippen LogP contribution >= 0.6 is 11.3 Å². The predicted molar refractivity (Wildman–Crippen MR) is 85.2 cm³/mol. The van der Waals surface area contributed by atoms with Crippen molar-refractivity contribution in [3.8, 4) is 11.8 Å². The summed E-state index contributed by atoms with van der Waals surface area (Å²) < 4.78 is 0. The molecule has 2 N–H and O–H groups in total. The minimum absolute atomic E-state index is 0.0694. The molecule has 0 unspecified atom stereocenters. The molecule has 108 valence electrons. The SMILES string of the molecule is Cc1cccc(C(=O)NCc2cc(C#CCCO)cs2)c1. The van der Waals surface area contributed by atoms with E-state index in [1.807, 2.05) is 42.6 Å². The Kier molecular flexibility index (Phi) is 5.56. The molecule has 4 heteroatoms. The summed E-state index contributed by atoms with van der Waals surface area (Å²) in [4.78, 5) is 13.1. The molecule has 0 aliphatic rings. The van der Waals surface area contributed by atoms with E-state index in [1.165, 1.54) is 0 Å². The maximum absolute atomic E-state index is 12.0. The summed E-state index contributed by atoms with van der Waals surface area (Å²) in [7, 11) is 0. The minimum Gasteiger partial charge on any atom is -0.395 e.